The highest BCUT2D eigenvalue weighted by Gasteiger charge is 2.17. The standard InChI is InChI=1S/C17H20N4OS3/c1-23-14-4-2-3-13(11-14)20-15(22)12-25-17-16(18-5-6-19-17)21-7-9-24-10-8-21/h2-6,11H,7-10,12H2,1H3,(H,20,22). The van der Waals surface area contributed by atoms with Gasteiger partial charge in [-0.25, -0.2) is 9.97 Å². The molecule has 0 aliphatic carbocycles. The van der Waals surface area contributed by atoms with Crippen molar-refractivity contribution in [2.24, 2.45) is 0 Å². The van der Waals surface area contributed by atoms with Crippen molar-refractivity contribution < 1.29 is 4.79 Å². The maximum Gasteiger partial charge on any atom is 0.234 e. The average Bonchev–Trinajstić information content (AvgIpc) is 2.67. The highest BCUT2D eigenvalue weighted by molar-refractivity contribution is 8.00. The van der Waals surface area contributed by atoms with Crippen LogP contribution in [0.25, 0.3) is 0 Å². The van der Waals surface area contributed by atoms with Crippen molar-refractivity contribution in [3.8, 4) is 0 Å². The number of carbonyl (C=O) groups excluding carboxylic acids is 1. The maximum atomic E-state index is 12.3. The Hall–Kier alpha value is -1.38. The molecule has 25 heavy (non-hydrogen) atoms. The summed E-state index contributed by atoms with van der Waals surface area (Å²) in [6.07, 6.45) is 5.42. The first-order valence-electron chi connectivity index (χ1n) is 7.96. The number of benzene rings is 1. The number of aromatic nitrogens is 2. The van der Waals surface area contributed by atoms with E-state index in [1.54, 1.807) is 24.2 Å². The van der Waals surface area contributed by atoms with Gasteiger partial charge >= 0.3 is 0 Å². The van der Waals surface area contributed by atoms with Crippen LogP contribution >= 0.6 is 35.3 Å². The Morgan fingerprint density at radius 1 is 1.28 bits per heavy atom. The van der Waals surface area contributed by atoms with E-state index < -0.39 is 0 Å². The molecule has 2 heterocycles. The minimum absolute atomic E-state index is 0.0333. The first-order chi connectivity index (χ1) is 12.3. The average molecular weight is 393 g/mol. The van der Waals surface area contributed by atoms with Gasteiger partial charge in [0, 0.05) is 47.6 Å². The molecular formula is C17H20N4OS3. The van der Waals surface area contributed by atoms with Crippen molar-refractivity contribution in [1.29, 1.82) is 0 Å². The zero-order valence-corrected chi connectivity index (χ0v) is 16.4. The van der Waals surface area contributed by atoms with Crippen LogP contribution in [0.1, 0.15) is 0 Å². The Balaban J connectivity index is 1.60. The molecule has 5 nitrogen and oxygen atoms in total. The number of thioether (sulfide) groups is 3. The second-order valence-corrected chi connectivity index (χ2v) is 8.42. The number of carbonyl (C=O) groups is 1. The van der Waals surface area contributed by atoms with Crippen molar-refractivity contribution in [2.45, 2.75) is 9.92 Å². The molecule has 1 aliphatic heterocycles. The molecule has 1 saturated heterocycles. The summed E-state index contributed by atoms with van der Waals surface area (Å²) < 4.78 is 0. The number of nitrogens with one attached hydrogen (secondary N) is 1. The molecule has 1 fully saturated rings. The maximum absolute atomic E-state index is 12.3. The minimum atomic E-state index is -0.0333. The fraction of sp³-hybridized carbons (Fsp3) is 0.353. The molecule has 1 aromatic carbocycles. The van der Waals surface area contributed by atoms with Gasteiger partial charge in [0.1, 0.15) is 5.03 Å². The molecule has 0 bridgehead atoms. The lowest BCUT2D eigenvalue weighted by atomic mass is 10.3. The molecule has 2 aromatic rings. The predicted molar refractivity (Wildman–Crippen MR) is 109 cm³/mol. The van der Waals surface area contributed by atoms with Gasteiger partial charge in [-0.1, -0.05) is 17.8 Å². The molecule has 8 heteroatoms. The van der Waals surface area contributed by atoms with E-state index in [2.05, 4.69) is 20.2 Å². The molecule has 0 radical (unpaired) electrons. The topological polar surface area (TPSA) is 58.1 Å². The number of anilines is 2. The summed E-state index contributed by atoms with van der Waals surface area (Å²) in [5, 5.41) is 3.77. The molecule has 1 aromatic heterocycles. The molecule has 0 spiro atoms. The summed E-state index contributed by atoms with van der Waals surface area (Å²) in [7, 11) is 0. The van der Waals surface area contributed by atoms with E-state index in [1.165, 1.54) is 11.8 Å². The molecule has 0 unspecified atom stereocenters. The second kappa shape index (κ2) is 9.35. The third kappa shape index (κ3) is 5.29. The van der Waals surface area contributed by atoms with Crippen LogP contribution in [0.3, 0.4) is 0 Å². The first-order valence-corrected chi connectivity index (χ1v) is 11.3. The normalized spacial score (nSPS) is 14.4. The van der Waals surface area contributed by atoms with Gasteiger partial charge in [-0.3, -0.25) is 4.79 Å². The van der Waals surface area contributed by atoms with Crippen LogP contribution in [-0.2, 0) is 4.79 Å². The minimum Gasteiger partial charge on any atom is -0.353 e. The van der Waals surface area contributed by atoms with Gasteiger partial charge < -0.3 is 10.2 Å². The molecule has 0 saturated carbocycles. The van der Waals surface area contributed by atoms with Crippen molar-refractivity contribution in [2.75, 3.05) is 46.8 Å². The Kier molecular flexibility index (Phi) is 6.89. The van der Waals surface area contributed by atoms with Crippen LogP contribution < -0.4 is 10.2 Å². The van der Waals surface area contributed by atoms with E-state index in [9.17, 15) is 4.79 Å². The van der Waals surface area contributed by atoms with Crippen LogP contribution in [0.4, 0.5) is 11.5 Å². The van der Waals surface area contributed by atoms with Gasteiger partial charge in [0.25, 0.3) is 0 Å². The van der Waals surface area contributed by atoms with Gasteiger partial charge in [-0.2, -0.15) is 11.8 Å². The quantitative estimate of drug-likeness (QED) is 0.755. The van der Waals surface area contributed by atoms with Crippen LogP contribution in [0.5, 0.6) is 0 Å². The lowest BCUT2D eigenvalue weighted by Gasteiger charge is -2.28. The van der Waals surface area contributed by atoms with Gasteiger partial charge in [0.15, 0.2) is 5.82 Å². The van der Waals surface area contributed by atoms with E-state index in [0.717, 1.165) is 46.0 Å². The number of amides is 1. The van der Waals surface area contributed by atoms with Gasteiger partial charge in [-0.05, 0) is 24.5 Å². The fourth-order valence-corrected chi connectivity index (χ4v) is 4.59. The summed E-state index contributed by atoms with van der Waals surface area (Å²) >= 11 is 5.05. The molecule has 1 amide bonds. The third-order valence-corrected chi connectivity index (χ3v) is 6.29. The highest BCUT2D eigenvalue weighted by Crippen LogP contribution is 2.28. The third-order valence-electron chi connectivity index (χ3n) is 3.65. The first kappa shape index (κ1) is 18.4. The Bertz CT molecular complexity index is 723. The van der Waals surface area contributed by atoms with Crippen molar-refractivity contribution in [3.05, 3.63) is 36.7 Å². The van der Waals surface area contributed by atoms with Gasteiger partial charge in [-0.15, -0.1) is 11.8 Å². The van der Waals surface area contributed by atoms with Crippen LogP contribution in [-0.4, -0.2) is 52.5 Å². The summed E-state index contributed by atoms with van der Waals surface area (Å²) in [5.74, 6) is 3.39. The monoisotopic (exact) mass is 392 g/mol. The molecular weight excluding hydrogens is 372 g/mol. The van der Waals surface area contributed by atoms with E-state index in [0.29, 0.717) is 5.75 Å². The highest BCUT2D eigenvalue weighted by atomic mass is 32.2. The van der Waals surface area contributed by atoms with E-state index in [4.69, 9.17) is 0 Å². The zero-order chi connectivity index (χ0) is 17.5. The number of nitrogens with zero attached hydrogens (tertiary/aromatic N) is 3. The molecule has 132 valence electrons. The van der Waals surface area contributed by atoms with Gasteiger partial charge in [0.05, 0.1) is 5.75 Å². The largest absolute Gasteiger partial charge is 0.353 e. The molecule has 1 N–H and O–H groups in total. The summed E-state index contributed by atoms with van der Waals surface area (Å²) in [4.78, 5) is 24.6. The SMILES string of the molecule is CSc1cccc(NC(=O)CSc2nccnc2N2CCSCC2)c1. The van der Waals surface area contributed by atoms with Gasteiger partial charge in [0.2, 0.25) is 5.91 Å². The van der Waals surface area contributed by atoms with Crippen molar-refractivity contribution >= 4 is 52.7 Å². The lowest BCUT2D eigenvalue weighted by Crippen LogP contribution is -2.33. The molecule has 1 aliphatic rings. The van der Waals surface area contributed by atoms with Crippen molar-refractivity contribution in [3.63, 3.8) is 0 Å². The van der Waals surface area contributed by atoms with E-state index in [1.807, 2.05) is 42.3 Å². The van der Waals surface area contributed by atoms with Crippen LogP contribution in [0.2, 0.25) is 0 Å². The fourth-order valence-electron chi connectivity index (χ4n) is 2.44. The number of hydrogen-bond donors (Lipinski definition) is 1. The summed E-state index contributed by atoms with van der Waals surface area (Å²) in [6, 6.07) is 7.86. The smallest absolute Gasteiger partial charge is 0.234 e. The Morgan fingerprint density at radius 3 is 2.88 bits per heavy atom. The second-order valence-electron chi connectivity index (χ2n) is 5.35. The van der Waals surface area contributed by atoms with Crippen LogP contribution in [0.15, 0.2) is 46.6 Å². The molecule has 3 rings (SSSR count). The Morgan fingerprint density at radius 2 is 2.08 bits per heavy atom. The van der Waals surface area contributed by atoms with E-state index >= 15 is 0 Å². The Labute approximate surface area is 160 Å². The van der Waals surface area contributed by atoms with Crippen LogP contribution in [0, 0.1) is 0 Å². The number of rotatable bonds is 6. The predicted octanol–water partition coefficient (Wildman–Crippen LogP) is 3.48. The van der Waals surface area contributed by atoms with Crippen molar-refractivity contribution in [1.82, 2.24) is 9.97 Å². The zero-order valence-electron chi connectivity index (χ0n) is 14.0. The van der Waals surface area contributed by atoms with E-state index in [-0.39, 0.29) is 5.91 Å². The number of hydrogen-bond acceptors (Lipinski definition) is 7. The summed E-state index contributed by atoms with van der Waals surface area (Å²) in [6.45, 7) is 1.95. The summed E-state index contributed by atoms with van der Waals surface area (Å²) in [5.41, 5.74) is 0.824. The lowest BCUT2D eigenvalue weighted by molar-refractivity contribution is -0.113. The molecule has 0 atom stereocenters.